The second kappa shape index (κ2) is 10.1. The molecule has 0 radical (unpaired) electrons. The van der Waals surface area contributed by atoms with Gasteiger partial charge in [0.15, 0.2) is 6.61 Å². The van der Waals surface area contributed by atoms with Gasteiger partial charge in [-0.05, 0) is 61.8 Å². The van der Waals surface area contributed by atoms with Gasteiger partial charge in [0.25, 0.3) is 5.91 Å². The second-order valence-corrected chi connectivity index (χ2v) is 9.97. The largest absolute Gasteiger partial charge is 0.483 e. The van der Waals surface area contributed by atoms with E-state index in [2.05, 4.69) is 49.2 Å². The van der Waals surface area contributed by atoms with Crippen LogP contribution >= 0.6 is 11.6 Å². The zero-order chi connectivity index (χ0) is 24.3. The molecule has 1 N–H and O–H groups in total. The van der Waals surface area contributed by atoms with Gasteiger partial charge in [-0.15, -0.1) is 0 Å². The number of hydrogen-bond acceptors (Lipinski definition) is 4. The Hall–Kier alpha value is -3.05. The summed E-state index contributed by atoms with van der Waals surface area (Å²) >= 11 is 6.62. The van der Waals surface area contributed by atoms with Crippen LogP contribution in [-0.2, 0) is 4.79 Å². The van der Waals surface area contributed by atoms with E-state index in [1.54, 1.807) is 6.21 Å². The van der Waals surface area contributed by atoms with Crippen molar-refractivity contribution < 1.29 is 9.53 Å². The molecule has 3 aromatic carbocycles. The molecule has 0 saturated heterocycles. The fraction of sp³-hybridized carbons (Fsp3) is 0.357. The van der Waals surface area contributed by atoms with Crippen LogP contribution in [0.3, 0.4) is 0 Å². The Morgan fingerprint density at radius 2 is 2.00 bits per heavy atom. The Morgan fingerprint density at radius 3 is 2.79 bits per heavy atom. The van der Waals surface area contributed by atoms with Gasteiger partial charge >= 0.3 is 0 Å². The lowest BCUT2D eigenvalue weighted by molar-refractivity contribution is -0.123. The molecule has 0 aliphatic carbocycles. The van der Waals surface area contributed by atoms with Gasteiger partial charge in [-0.3, -0.25) is 4.79 Å². The van der Waals surface area contributed by atoms with Crippen LogP contribution in [0.4, 0.5) is 5.69 Å². The Bertz CT molecular complexity index is 1220. The summed E-state index contributed by atoms with van der Waals surface area (Å²) in [6.07, 6.45) is 3.75. The summed E-state index contributed by atoms with van der Waals surface area (Å²) < 4.78 is 5.73. The molecule has 3 aromatic rings. The quantitative estimate of drug-likeness (QED) is 0.311. The predicted octanol–water partition coefficient (Wildman–Crippen LogP) is 6.52. The maximum Gasteiger partial charge on any atom is 0.277 e. The van der Waals surface area contributed by atoms with Crippen LogP contribution in [0.15, 0.2) is 59.7 Å². The fourth-order valence-corrected chi connectivity index (χ4v) is 5.14. The van der Waals surface area contributed by atoms with Crippen molar-refractivity contribution in [3.63, 3.8) is 0 Å². The first-order valence-corrected chi connectivity index (χ1v) is 12.2. The van der Waals surface area contributed by atoms with E-state index in [0.29, 0.717) is 16.7 Å². The number of rotatable bonds is 7. The van der Waals surface area contributed by atoms with Crippen LogP contribution < -0.4 is 15.1 Å². The zero-order valence-electron chi connectivity index (χ0n) is 20.3. The summed E-state index contributed by atoms with van der Waals surface area (Å²) in [7, 11) is 0. The van der Waals surface area contributed by atoms with E-state index in [4.69, 9.17) is 16.3 Å². The number of anilines is 1. The summed E-state index contributed by atoms with van der Waals surface area (Å²) in [4.78, 5) is 14.8. The van der Waals surface area contributed by atoms with Crippen molar-refractivity contribution in [1.29, 1.82) is 0 Å². The van der Waals surface area contributed by atoms with Gasteiger partial charge in [0, 0.05) is 28.7 Å². The molecule has 1 aliphatic heterocycles. The predicted molar refractivity (Wildman–Crippen MR) is 141 cm³/mol. The lowest BCUT2D eigenvalue weighted by Gasteiger charge is -2.47. The van der Waals surface area contributed by atoms with Crippen molar-refractivity contribution in [3.05, 3.63) is 70.7 Å². The van der Waals surface area contributed by atoms with Gasteiger partial charge < -0.3 is 9.64 Å². The van der Waals surface area contributed by atoms with Crippen molar-refractivity contribution in [2.45, 2.75) is 52.0 Å². The molecule has 5 nitrogen and oxygen atoms in total. The number of amides is 1. The van der Waals surface area contributed by atoms with Crippen molar-refractivity contribution in [1.82, 2.24) is 5.43 Å². The highest BCUT2D eigenvalue weighted by atomic mass is 35.5. The molecule has 0 fully saturated rings. The molecule has 4 rings (SSSR count). The molecule has 1 atom stereocenters. The number of nitrogens with zero attached hydrogens (tertiary/aromatic N) is 2. The molecular formula is C28H32ClN3O2. The lowest BCUT2D eigenvalue weighted by atomic mass is 9.79. The molecule has 0 saturated carbocycles. The Labute approximate surface area is 206 Å². The summed E-state index contributed by atoms with van der Waals surface area (Å²) in [5.74, 6) is 0.747. The minimum absolute atomic E-state index is 0.0828. The molecule has 0 spiro atoms. The summed E-state index contributed by atoms with van der Waals surface area (Å²) in [6.45, 7) is 9.90. The van der Waals surface area contributed by atoms with Gasteiger partial charge in [0.05, 0.1) is 11.2 Å². The normalized spacial score (nSPS) is 17.1. The van der Waals surface area contributed by atoms with E-state index < -0.39 is 0 Å². The van der Waals surface area contributed by atoms with E-state index >= 15 is 0 Å². The Morgan fingerprint density at radius 1 is 1.24 bits per heavy atom. The minimum atomic E-state index is -0.331. The highest BCUT2D eigenvalue weighted by molar-refractivity contribution is 6.33. The average molecular weight is 478 g/mol. The van der Waals surface area contributed by atoms with Gasteiger partial charge in [0.1, 0.15) is 5.75 Å². The molecular weight excluding hydrogens is 446 g/mol. The van der Waals surface area contributed by atoms with Crippen molar-refractivity contribution in [2.75, 3.05) is 18.1 Å². The van der Waals surface area contributed by atoms with E-state index in [1.165, 1.54) is 11.3 Å². The number of ether oxygens (including phenoxy) is 1. The molecule has 1 amide bonds. The molecule has 1 aliphatic rings. The summed E-state index contributed by atoms with van der Waals surface area (Å²) in [5, 5.41) is 6.79. The first kappa shape index (κ1) is 24.1. The number of carbonyl (C=O) groups excluding carboxylic acids is 1. The highest BCUT2D eigenvalue weighted by Crippen LogP contribution is 2.45. The molecule has 1 unspecified atom stereocenters. The van der Waals surface area contributed by atoms with Crippen molar-refractivity contribution >= 4 is 40.2 Å². The van der Waals surface area contributed by atoms with Crippen LogP contribution in [0, 0.1) is 0 Å². The maximum absolute atomic E-state index is 12.3. The van der Waals surface area contributed by atoms with Crippen LogP contribution in [0.1, 0.15) is 57.6 Å². The number of fused-ring (bicyclic) bond motifs is 2. The van der Waals surface area contributed by atoms with E-state index in [1.807, 2.05) is 48.5 Å². The SMILES string of the molecule is CCCN1c2cc(Cl)c(/C=N/NC(=O)COc3cccc4ccccc34)cc2C(C)CC1(C)C. The minimum Gasteiger partial charge on any atom is -0.483 e. The molecule has 34 heavy (non-hydrogen) atoms. The smallest absolute Gasteiger partial charge is 0.277 e. The third-order valence-electron chi connectivity index (χ3n) is 6.45. The zero-order valence-corrected chi connectivity index (χ0v) is 21.0. The van der Waals surface area contributed by atoms with Crippen LogP contribution in [0.2, 0.25) is 5.02 Å². The summed E-state index contributed by atoms with van der Waals surface area (Å²) in [6, 6.07) is 17.8. The number of nitrogens with one attached hydrogen (secondary N) is 1. The first-order chi connectivity index (χ1) is 16.3. The maximum atomic E-state index is 12.3. The fourth-order valence-electron chi connectivity index (χ4n) is 4.94. The van der Waals surface area contributed by atoms with Crippen molar-refractivity contribution in [3.8, 4) is 5.75 Å². The Balaban J connectivity index is 1.44. The number of benzene rings is 3. The van der Waals surface area contributed by atoms with Gasteiger partial charge in [-0.1, -0.05) is 61.8 Å². The van der Waals surface area contributed by atoms with Gasteiger partial charge in [-0.25, -0.2) is 5.43 Å². The molecule has 0 bridgehead atoms. The summed E-state index contributed by atoms with van der Waals surface area (Å²) in [5.41, 5.74) is 5.88. The third-order valence-corrected chi connectivity index (χ3v) is 6.78. The monoisotopic (exact) mass is 477 g/mol. The number of hydrazone groups is 1. The van der Waals surface area contributed by atoms with Crippen molar-refractivity contribution in [2.24, 2.45) is 5.10 Å². The lowest BCUT2D eigenvalue weighted by Crippen LogP contribution is -2.48. The molecule has 1 heterocycles. The molecule has 0 aromatic heterocycles. The van der Waals surface area contributed by atoms with E-state index in [0.717, 1.165) is 35.7 Å². The van der Waals surface area contributed by atoms with E-state index in [-0.39, 0.29) is 18.1 Å². The van der Waals surface area contributed by atoms with Crippen LogP contribution in [0.5, 0.6) is 5.75 Å². The van der Waals surface area contributed by atoms with Gasteiger partial charge in [-0.2, -0.15) is 5.10 Å². The van der Waals surface area contributed by atoms with Gasteiger partial charge in [0.2, 0.25) is 0 Å². The average Bonchev–Trinajstić information content (AvgIpc) is 2.80. The topological polar surface area (TPSA) is 53.9 Å². The Kier molecular flexibility index (Phi) is 7.13. The second-order valence-electron chi connectivity index (χ2n) is 9.56. The first-order valence-electron chi connectivity index (χ1n) is 11.8. The highest BCUT2D eigenvalue weighted by Gasteiger charge is 2.36. The number of halogens is 1. The molecule has 6 heteroatoms. The standard InChI is InChI=1S/C28H32ClN3O2/c1-5-13-32-25-15-24(29)21(14-23(25)19(2)16-28(32,3)4)17-30-31-27(33)18-34-26-12-8-10-20-9-6-7-11-22(20)26/h6-12,14-15,17,19H,5,13,16,18H2,1-4H3,(H,31,33)/b30-17+. The van der Waals surface area contributed by atoms with Crippen LogP contribution in [-0.4, -0.2) is 30.8 Å². The number of carbonyl (C=O) groups is 1. The van der Waals surface area contributed by atoms with E-state index in [9.17, 15) is 4.79 Å². The number of hydrogen-bond donors (Lipinski definition) is 1. The molecule has 178 valence electrons. The third kappa shape index (κ3) is 5.05. The van der Waals surface area contributed by atoms with Crippen LogP contribution in [0.25, 0.3) is 10.8 Å².